The van der Waals surface area contributed by atoms with E-state index in [0.29, 0.717) is 0 Å². The quantitative estimate of drug-likeness (QED) is 0.512. The topological polar surface area (TPSA) is 34.1 Å². The first-order chi connectivity index (χ1) is 5.54. The van der Waals surface area contributed by atoms with Crippen molar-refractivity contribution in [2.75, 3.05) is 0 Å². The highest BCUT2D eigenvalue weighted by atomic mass is 16.2. The molecular formula is C10H14O2. The van der Waals surface area contributed by atoms with Gasteiger partial charge in [0.2, 0.25) is 0 Å². The molecule has 0 spiro atoms. The minimum Gasteiger partial charge on any atom is -0.299 e. The van der Waals surface area contributed by atoms with Crippen LogP contribution in [-0.2, 0) is 9.59 Å². The van der Waals surface area contributed by atoms with Crippen LogP contribution >= 0.6 is 0 Å². The molecule has 0 saturated heterocycles. The summed E-state index contributed by atoms with van der Waals surface area (Å²) < 4.78 is 0. The van der Waals surface area contributed by atoms with E-state index in [1.807, 2.05) is 6.92 Å². The predicted molar refractivity (Wildman–Crippen MR) is 44.6 cm³/mol. The summed E-state index contributed by atoms with van der Waals surface area (Å²) in [6.45, 7) is 3.78. The van der Waals surface area contributed by atoms with Crippen LogP contribution in [0.4, 0.5) is 0 Å². The maximum absolute atomic E-state index is 11.7. The summed E-state index contributed by atoms with van der Waals surface area (Å²) in [5.74, 6) is 0.246. The number of Topliss-reactive ketones (excluding diaryl/α,β-unsaturated/α-hetero) is 2. The van der Waals surface area contributed by atoms with Crippen molar-refractivity contribution in [3.8, 4) is 0 Å². The van der Waals surface area contributed by atoms with Gasteiger partial charge >= 0.3 is 0 Å². The lowest BCUT2D eigenvalue weighted by atomic mass is 9.71. The molecule has 2 aliphatic carbocycles. The lowest BCUT2D eigenvalue weighted by molar-refractivity contribution is -0.142. The first-order valence-electron chi connectivity index (χ1n) is 4.63. The summed E-state index contributed by atoms with van der Waals surface area (Å²) in [5, 5.41) is 0. The van der Waals surface area contributed by atoms with Crippen molar-refractivity contribution in [1.82, 2.24) is 0 Å². The molecule has 0 aromatic carbocycles. The standard InChI is InChI=1S/C10H14O2/c1-6-8(11)7-3-4-10(2,5-7)9(6)12/h6-7H,3-5H2,1-2H3. The third kappa shape index (κ3) is 0.809. The van der Waals surface area contributed by atoms with Crippen LogP contribution in [0.1, 0.15) is 33.1 Å². The number of hydrogen-bond acceptors (Lipinski definition) is 2. The Hall–Kier alpha value is -0.660. The second-order valence-corrected chi connectivity index (χ2v) is 4.49. The monoisotopic (exact) mass is 166 g/mol. The molecule has 2 aliphatic rings. The molecule has 66 valence electrons. The molecule has 3 unspecified atom stereocenters. The van der Waals surface area contributed by atoms with Crippen molar-refractivity contribution in [2.24, 2.45) is 17.3 Å². The summed E-state index contributed by atoms with van der Waals surface area (Å²) in [7, 11) is 0. The van der Waals surface area contributed by atoms with Gasteiger partial charge in [0.1, 0.15) is 11.6 Å². The van der Waals surface area contributed by atoms with Gasteiger partial charge in [-0.05, 0) is 26.2 Å². The Morgan fingerprint density at radius 3 is 2.75 bits per heavy atom. The molecule has 2 saturated carbocycles. The van der Waals surface area contributed by atoms with Gasteiger partial charge in [0.05, 0.1) is 5.92 Å². The van der Waals surface area contributed by atoms with E-state index in [0.717, 1.165) is 19.3 Å². The molecule has 3 atom stereocenters. The Balaban J connectivity index is 2.38. The smallest absolute Gasteiger partial charge is 0.148 e. The summed E-state index contributed by atoms with van der Waals surface area (Å²) in [5.41, 5.74) is -0.155. The van der Waals surface area contributed by atoms with Crippen LogP contribution in [0.2, 0.25) is 0 Å². The van der Waals surface area contributed by atoms with Crippen LogP contribution in [0, 0.1) is 17.3 Å². The van der Waals surface area contributed by atoms with Crippen LogP contribution in [0.3, 0.4) is 0 Å². The van der Waals surface area contributed by atoms with E-state index in [1.54, 1.807) is 6.92 Å². The Bertz CT molecular complexity index is 257. The van der Waals surface area contributed by atoms with Gasteiger partial charge < -0.3 is 0 Å². The van der Waals surface area contributed by atoms with Gasteiger partial charge in [-0.3, -0.25) is 9.59 Å². The number of carbonyl (C=O) groups is 2. The molecule has 0 heterocycles. The van der Waals surface area contributed by atoms with E-state index in [9.17, 15) is 9.59 Å². The largest absolute Gasteiger partial charge is 0.299 e. The van der Waals surface area contributed by atoms with E-state index >= 15 is 0 Å². The normalized spacial score (nSPS) is 46.8. The number of rotatable bonds is 0. The Morgan fingerprint density at radius 2 is 2.08 bits per heavy atom. The molecule has 0 aromatic heterocycles. The molecule has 2 rings (SSSR count). The zero-order valence-corrected chi connectivity index (χ0v) is 7.59. The zero-order chi connectivity index (χ0) is 8.93. The second-order valence-electron chi connectivity index (χ2n) is 4.49. The van der Waals surface area contributed by atoms with Gasteiger partial charge in [0.15, 0.2) is 0 Å². The summed E-state index contributed by atoms with van der Waals surface area (Å²) >= 11 is 0. The average Bonchev–Trinajstić information content (AvgIpc) is 2.41. The molecule has 0 N–H and O–H groups in total. The van der Waals surface area contributed by atoms with Gasteiger partial charge in [-0.15, -0.1) is 0 Å². The number of hydrogen-bond donors (Lipinski definition) is 0. The minimum absolute atomic E-state index is 0.155. The molecule has 2 fully saturated rings. The Labute approximate surface area is 72.3 Å². The summed E-state index contributed by atoms with van der Waals surface area (Å²) in [6.07, 6.45) is 2.67. The molecule has 0 aromatic rings. The van der Waals surface area contributed by atoms with Crippen molar-refractivity contribution in [2.45, 2.75) is 33.1 Å². The maximum atomic E-state index is 11.7. The molecule has 2 nitrogen and oxygen atoms in total. The number of fused-ring (bicyclic) bond motifs is 2. The van der Waals surface area contributed by atoms with Crippen LogP contribution in [0.25, 0.3) is 0 Å². The van der Waals surface area contributed by atoms with Crippen molar-refractivity contribution < 1.29 is 9.59 Å². The van der Waals surface area contributed by atoms with Gasteiger partial charge in [-0.1, -0.05) is 6.92 Å². The maximum Gasteiger partial charge on any atom is 0.148 e. The molecule has 2 heteroatoms. The van der Waals surface area contributed by atoms with E-state index in [1.165, 1.54) is 0 Å². The van der Waals surface area contributed by atoms with Gasteiger partial charge in [-0.25, -0.2) is 0 Å². The fraction of sp³-hybridized carbons (Fsp3) is 0.800. The van der Waals surface area contributed by atoms with Crippen LogP contribution < -0.4 is 0 Å². The van der Waals surface area contributed by atoms with Gasteiger partial charge in [0, 0.05) is 11.3 Å². The highest BCUT2D eigenvalue weighted by Crippen LogP contribution is 2.48. The van der Waals surface area contributed by atoms with E-state index < -0.39 is 0 Å². The zero-order valence-electron chi connectivity index (χ0n) is 7.59. The van der Waals surface area contributed by atoms with Crippen LogP contribution in [-0.4, -0.2) is 11.6 Å². The molecule has 2 bridgehead atoms. The van der Waals surface area contributed by atoms with E-state index in [4.69, 9.17) is 0 Å². The fourth-order valence-electron chi connectivity index (χ4n) is 2.71. The molecule has 12 heavy (non-hydrogen) atoms. The molecule has 0 amide bonds. The van der Waals surface area contributed by atoms with Crippen molar-refractivity contribution in [3.63, 3.8) is 0 Å². The van der Waals surface area contributed by atoms with E-state index in [2.05, 4.69) is 0 Å². The van der Waals surface area contributed by atoms with E-state index in [-0.39, 0.29) is 28.8 Å². The second kappa shape index (κ2) is 2.18. The Kier molecular flexibility index (Phi) is 1.45. The molecular weight excluding hydrogens is 152 g/mol. The third-order valence-electron chi connectivity index (χ3n) is 3.56. The number of ketones is 2. The summed E-state index contributed by atoms with van der Waals surface area (Å²) in [6, 6.07) is 0. The first kappa shape index (κ1) is 7.96. The fourth-order valence-corrected chi connectivity index (χ4v) is 2.71. The highest BCUT2D eigenvalue weighted by Gasteiger charge is 2.51. The number of carbonyl (C=O) groups excluding carboxylic acids is 2. The van der Waals surface area contributed by atoms with Crippen LogP contribution in [0.15, 0.2) is 0 Å². The molecule has 0 radical (unpaired) electrons. The molecule has 0 aliphatic heterocycles. The lowest BCUT2D eigenvalue weighted by Gasteiger charge is -2.30. The third-order valence-corrected chi connectivity index (χ3v) is 3.56. The highest BCUT2D eigenvalue weighted by molar-refractivity contribution is 6.08. The summed E-state index contributed by atoms with van der Waals surface area (Å²) in [4.78, 5) is 23.2. The van der Waals surface area contributed by atoms with Crippen LogP contribution in [0.5, 0.6) is 0 Å². The van der Waals surface area contributed by atoms with Gasteiger partial charge in [0.25, 0.3) is 0 Å². The predicted octanol–water partition coefficient (Wildman–Crippen LogP) is 1.58. The lowest BCUT2D eigenvalue weighted by Crippen LogP contribution is -2.40. The Morgan fingerprint density at radius 1 is 1.42 bits per heavy atom. The average molecular weight is 166 g/mol. The van der Waals surface area contributed by atoms with Crippen molar-refractivity contribution in [3.05, 3.63) is 0 Å². The first-order valence-corrected chi connectivity index (χ1v) is 4.63. The van der Waals surface area contributed by atoms with Crippen molar-refractivity contribution in [1.29, 1.82) is 0 Å². The van der Waals surface area contributed by atoms with Crippen molar-refractivity contribution >= 4 is 11.6 Å². The minimum atomic E-state index is -0.323. The SMILES string of the molecule is CC1C(=O)C2CCC(C)(C2)C1=O. The van der Waals surface area contributed by atoms with Gasteiger partial charge in [-0.2, -0.15) is 0 Å².